The summed E-state index contributed by atoms with van der Waals surface area (Å²) in [5, 5.41) is 1.35. The minimum atomic E-state index is 0.687. The van der Waals surface area contributed by atoms with E-state index in [1.54, 1.807) is 0 Å². The fourth-order valence-electron chi connectivity index (χ4n) is 4.35. The van der Waals surface area contributed by atoms with E-state index in [0.29, 0.717) is 5.92 Å². The van der Waals surface area contributed by atoms with Crippen molar-refractivity contribution in [3.63, 3.8) is 0 Å². The van der Waals surface area contributed by atoms with Gasteiger partial charge in [-0.1, -0.05) is 12.2 Å². The number of hydrogen-bond acceptors (Lipinski definition) is 4. The predicted molar refractivity (Wildman–Crippen MR) is 106 cm³/mol. The van der Waals surface area contributed by atoms with Crippen LogP contribution in [0.4, 0.5) is 5.69 Å². The first-order valence-corrected chi connectivity index (χ1v) is 10.3. The van der Waals surface area contributed by atoms with Gasteiger partial charge in [-0.15, -0.1) is 11.3 Å². The smallest absolute Gasteiger partial charge is 0.0970 e. The molecule has 0 atom stereocenters. The van der Waals surface area contributed by atoms with Crippen molar-refractivity contribution in [1.82, 2.24) is 9.88 Å². The van der Waals surface area contributed by atoms with Crippen LogP contribution in [0.3, 0.4) is 0 Å². The molecule has 1 saturated carbocycles. The van der Waals surface area contributed by atoms with Gasteiger partial charge < -0.3 is 9.80 Å². The molecule has 130 valence electrons. The van der Waals surface area contributed by atoms with Gasteiger partial charge in [0.05, 0.1) is 15.2 Å². The highest BCUT2D eigenvalue weighted by Crippen LogP contribution is 2.43. The number of likely N-dealkylation sites (tertiary alicyclic amines) is 1. The highest BCUT2D eigenvalue weighted by molar-refractivity contribution is 7.18. The van der Waals surface area contributed by atoms with Crippen molar-refractivity contribution < 1.29 is 0 Å². The molecule has 1 aromatic carbocycles. The molecule has 5 rings (SSSR count). The maximum Gasteiger partial charge on any atom is 0.0970 e. The summed E-state index contributed by atoms with van der Waals surface area (Å²) in [6.45, 7) is 5.74. The number of hydrogen-bond donors (Lipinski definition) is 0. The monoisotopic (exact) mass is 351 g/mol. The van der Waals surface area contributed by atoms with Gasteiger partial charge in [-0.25, -0.2) is 4.98 Å². The molecule has 0 amide bonds. The second kappa shape index (κ2) is 6.26. The Morgan fingerprint density at radius 3 is 2.80 bits per heavy atom. The van der Waals surface area contributed by atoms with Crippen LogP contribution in [-0.4, -0.2) is 35.6 Å². The molecule has 25 heavy (non-hydrogen) atoms. The third kappa shape index (κ3) is 2.91. The summed E-state index contributed by atoms with van der Waals surface area (Å²) in [6, 6.07) is 7.55. The molecule has 1 saturated heterocycles. The van der Waals surface area contributed by atoms with E-state index < -0.39 is 0 Å². The highest BCUT2D eigenvalue weighted by atomic mass is 32.1. The van der Waals surface area contributed by atoms with Gasteiger partial charge in [0, 0.05) is 30.4 Å². The van der Waals surface area contributed by atoms with E-state index in [4.69, 9.17) is 4.98 Å². The first kappa shape index (κ1) is 15.6. The maximum atomic E-state index is 4.95. The van der Waals surface area contributed by atoms with Crippen molar-refractivity contribution in [2.24, 2.45) is 0 Å². The summed E-state index contributed by atoms with van der Waals surface area (Å²) in [5.74, 6) is 0.687. The molecule has 3 aliphatic rings. The van der Waals surface area contributed by atoms with E-state index >= 15 is 0 Å². The van der Waals surface area contributed by atoms with E-state index in [1.807, 2.05) is 11.3 Å². The SMILES string of the molecule is CC1=CN(c2ccc3nc([C@H]4C[C@H](N5CCCC5)C4)sc3c2)CC=C1. The topological polar surface area (TPSA) is 19.4 Å². The Labute approximate surface area is 153 Å². The van der Waals surface area contributed by atoms with Crippen LogP contribution >= 0.6 is 11.3 Å². The zero-order chi connectivity index (χ0) is 16.8. The van der Waals surface area contributed by atoms with E-state index in [9.17, 15) is 0 Å². The first-order chi connectivity index (χ1) is 12.3. The highest BCUT2D eigenvalue weighted by Gasteiger charge is 2.37. The molecular weight excluding hydrogens is 326 g/mol. The summed E-state index contributed by atoms with van der Waals surface area (Å²) in [4.78, 5) is 9.96. The first-order valence-electron chi connectivity index (χ1n) is 9.52. The van der Waals surface area contributed by atoms with Crippen LogP contribution in [-0.2, 0) is 0 Å². The van der Waals surface area contributed by atoms with Gasteiger partial charge in [0.15, 0.2) is 0 Å². The molecule has 2 aromatic rings. The van der Waals surface area contributed by atoms with E-state index in [0.717, 1.165) is 12.6 Å². The molecule has 0 N–H and O–H groups in total. The van der Waals surface area contributed by atoms with Crippen LogP contribution in [0, 0.1) is 0 Å². The summed E-state index contributed by atoms with van der Waals surface area (Å²) in [5.41, 5.74) is 3.75. The number of thiazole rings is 1. The van der Waals surface area contributed by atoms with Crippen molar-refractivity contribution in [3.8, 4) is 0 Å². The largest absolute Gasteiger partial charge is 0.344 e. The van der Waals surface area contributed by atoms with E-state index in [-0.39, 0.29) is 0 Å². The summed E-state index contributed by atoms with van der Waals surface area (Å²) < 4.78 is 1.33. The molecule has 2 fully saturated rings. The number of anilines is 1. The Morgan fingerprint density at radius 1 is 1.16 bits per heavy atom. The molecule has 1 aromatic heterocycles. The Balaban J connectivity index is 1.33. The average molecular weight is 352 g/mol. The molecule has 3 nitrogen and oxygen atoms in total. The van der Waals surface area contributed by atoms with Gasteiger partial charge in [0.2, 0.25) is 0 Å². The van der Waals surface area contributed by atoms with E-state index in [1.165, 1.54) is 65.3 Å². The van der Waals surface area contributed by atoms with Crippen LogP contribution in [0.1, 0.15) is 43.5 Å². The zero-order valence-corrected chi connectivity index (χ0v) is 15.6. The molecule has 0 spiro atoms. The Kier molecular flexibility index (Phi) is 3.90. The Morgan fingerprint density at radius 2 is 2.00 bits per heavy atom. The van der Waals surface area contributed by atoms with Crippen LogP contribution in [0.25, 0.3) is 10.2 Å². The normalized spacial score (nSPS) is 26.9. The second-order valence-electron chi connectivity index (χ2n) is 7.70. The molecule has 2 aliphatic heterocycles. The van der Waals surface area contributed by atoms with Gasteiger partial charge in [0.1, 0.15) is 0 Å². The average Bonchev–Trinajstić information content (AvgIpc) is 3.22. The van der Waals surface area contributed by atoms with Crippen molar-refractivity contribution in [3.05, 3.63) is 47.1 Å². The fourth-order valence-corrected chi connectivity index (χ4v) is 5.48. The predicted octanol–water partition coefficient (Wildman–Crippen LogP) is 4.92. The van der Waals surface area contributed by atoms with Gasteiger partial charge >= 0.3 is 0 Å². The quantitative estimate of drug-likeness (QED) is 0.782. The van der Waals surface area contributed by atoms with Gasteiger partial charge in [-0.2, -0.15) is 0 Å². The number of fused-ring (bicyclic) bond motifs is 1. The van der Waals surface area contributed by atoms with Crippen LogP contribution in [0.2, 0.25) is 0 Å². The van der Waals surface area contributed by atoms with Crippen molar-refractivity contribution >= 4 is 27.2 Å². The molecule has 0 unspecified atom stereocenters. The molecule has 3 heterocycles. The zero-order valence-electron chi connectivity index (χ0n) is 14.8. The number of allylic oxidation sites excluding steroid dienone is 2. The van der Waals surface area contributed by atoms with Crippen molar-refractivity contribution in [2.45, 2.75) is 44.6 Å². The second-order valence-corrected chi connectivity index (χ2v) is 8.76. The standard InChI is InChI=1S/C21H25N3S/c1-15-5-4-10-24(14-15)17-6-7-19-20(13-17)25-21(22-19)16-11-18(12-16)23-8-2-3-9-23/h4-7,13-14,16,18H,2-3,8-12H2,1H3/t16-,18-. The Bertz CT molecular complexity index is 838. The third-order valence-electron chi connectivity index (χ3n) is 5.88. The van der Waals surface area contributed by atoms with Crippen LogP contribution < -0.4 is 4.90 Å². The lowest BCUT2D eigenvalue weighted by atomic mass is 9.80. The van der Waals surface area contributed by atoms with Crippen molar-refractivity contribution in [1.29, 1.82) is 0 Å². The van der Waals surface area contributed by atoms with Crippen LogP contribution in [0.15, 0.2) is 42.1 Å². The van der Waals surface area contributed by atoms with Gasteiger partial charge in [0.25, 0.3) is 0 Å². The summed E-state index contributed by atoms with van der Waals surface area (Å²) >= 11 is 1.91. The van der Waals surface area contributed by atoms with Crippen molar-refractivity contribution in [2.75, 3.05) is 24.5 Å². The number of nitrogens with zero attached hydrogens (tertiary/aromatic N) is 3. The number of benzene rings is 1. The van der Waals surface area contributed by atoms with Gasteiger partial charge in [-0.05, 0) is 69.5 Å². The summed E-state index contributed by atoms with van der Waals surface area (Å²) in [6.07, 6.45) is 12.1. The molecule has 0 bridgehead atoms. The summed E-state index contributed by atoms with van der Waals surface area (Å²) in [7, 11) is 0. The van der Waals surface area contributed by atoms with Gasteiger partial charge in [-0.3, -0.25) is 0 Å². The maximum absolute atomic E-state index is 4.95. The molecule has 4 heteroatoms. The lowest BCUT2D eigenvalue weighted by Crippen LogP contribution is -2.42. The fraction of sp³-hybridized carbons (Fsp3) is 0.476. The molecule has 0 radical (unpaired) electrons. The molecule has 1 aliphatic carbocycles. The minimum absolute atomic E-state index is 0.687. The lowest BCUT2D eigenvalue weighted by molar-refractivity contribution is 0.136. The third-order valence-corrected chi connectivity index (χ3v) is 7.06. The Hall–Kier alpha value is -1.65. The van der Waals surface area contributed by atoms with Crippen LogP contribution in [0.5, 0.6) is 0 Å². The molecular formula is C21H25N3S. The number of rotatable bonds is 3. The number of aromatic nitrogens is 1. The lowest BCUT2D eigenvalue weighted by Gasteiger charge is -2.40. The van der Waals surface area contributed by atoms with E-state index in [2.05, 4.69) is 53.3 Å². The minimum Gasteiger partial charge on any atom is -0.344 e.